The van der Waals surface area contributed by atoms with E-state index in [1.807, 2.05) is 4.90 Å². The highest BCUT2D eigenvalue weighted by molar-refractivity contribution is 9.10. The van der Waals surface area contributed by atoms with Crippen molar-refractivity contribution in [2.45, 2.75) is 6.04 Å². The van der Waals surface area contributed by atoms with E-state index in [-0.39, 0.29) is 22.4 Å². The fourth-order valence-electron chi connectivity index (χ4n) is 2.22. The molecule has 1 aliphatic rings. The van der Waals surface area contributed by atoms with Gasteiger partial charge in [-0.3, -0.25) is 4.90 Å². The summed E-state index contributed by atoms with van der Waals surface area (Å²) in [6.45, 7) is 6.86. The maximum atomic E-state index is 14.1. The van der Waals surface area contributed by atoms with Gasteiger partial charge in [-0.1, -0.05) is 6.08 Å². The van der Waals surface area contributed by atoms with E-state index in [9.17, 15) is 8.78 Å². The highest BCUT2D eigenvalue weighted by Crippen LogP contribution is 2.31. The molecule has 0 radical (unpaired) electrons. The number of nitrogens with one attached hydrogen (secondary N) is 1. The lowest BCUT2D eigenvalue weighted by molar-refractivity contribution is 0.197. The van der Waals surface area contributed by atoms with Gasteiger partial charge < -0.3 is 5.32 Å². The van der Waals surface area contributed by atoms with Gasteiger partial charge in [0.1, 0.15) is 11.6 Å². The first-order valence-electron chi connectivity index (χ1n) is 5.86. The van der Waals surface area contributed by atoms with Gasteiger partial charge in [-0.05, 0) is 28.1 Å². The van der Waals surface area contributed by atoms with E-state index in [0.717, 1.165) is 26.2 Å². The Labute approximate surface area is 126 Å². The molecule has 6 heteroatoms. The Balaban J connectivity index is 0.00000180. The fourth-order valence-corrected chi connectivity index (χ4v) is 2.57. The zero-order chi connectivity index (χ0) is 13.1. The number of benzene rings is 1. The van der Waals surface area contributed by atoms with Crippen LogP contribution in [0.25, 0.3) is 0 Å². The van der Waals surface area contributed by atoms with Gasteiger partial charge in [0.05, 0.1) is 10.5 Å². The minimum Gasteiger partial charge on any atom is -0.314 e. The molecule has 1 aliphatic heterocycles. The number of halogens is 4. The third kappa shape index (κ3) is 3.54. The Kier molecular flexibility index (Phi) is 6.39. The van der Waals surface area contributed by atoms with Crippen molar-refractivity contribution < 1.29 is 8.78 Å². The van der Waals surface area contributed by atoms with Crippen molar-refractivity contribution in [2.75, 3.05) is 26.2 Å². The van der Waals surface area contributed by atoms with Crippen molar-refractivity contribution in [2.24, 2.45) is 0 Å². The smallest absolute Gasteiger partial charge is 0.145 e. The maximum Gasteiger partial charge on any atom is 0.145 e. The molecule has 1 N–H and O–H groups in total. The first-order valence-corrected chi connectivity index (χ1v) is 6.65. The van der Waals surface area contributed by atoms with Crippen LogP contribution < -0.4 is 5.32 Å². The molecule has 1 atom stereocenters. The van der Waals surface area contributed by atoms with E-state index >= 15 is 0 Å². The molecule has 1 aromatic carbocycles. The average Bonchev–Trinajstić information content (AvgIpc) is 2.40. The first-order chi connectivity index (χ1) is 8.65. The molecule has 1 heterocycles. The molecule has 1 fully saturated rings. The molecule has 0 amide bonds. The fraction of sp³-hybridized carbons (Fsp3) is 0.385. The second-order valence-electron chi connectivity index (χ2n) is 4.22. The lowest BCUT2D eigenvalue weighted by atomic mass is 10.0. The van der Waals surface area contributed by atoms with Crippen molar-refractivity contribution in [3.63, 3.8) is 0 Å². The van der Waals surface area contributed by atoms with E-state index < -0.39 is 17.7 Å². The molecule has 106 valence electrons. The predicted octanol–water partition coefficient (Wildman–Crippen LogP) is 3.28. The Morgan fingerprint density at radius 2 is 1.95 bits per heavy atom. The number of nitrogens with zero attached hydrogens (tertiary/aromatic N) is 1. The van der Waals surface area contributed by atoms with E-state index in [2.05, 4.69) is 27.8 Å². The predicted molar refractivity (Wildman–Crippen MR) is 78.7 cm³/mol. The molecule has 0 unspecified atom stereocenters. The molecule has 0 saturated carbocycles. The van der Waals surface area contributed by atoms with Gasteiger partial charge in [-0.25, -0.2) is 8.78 Å². The van der Waals surface area contributed by atoms with Crippen LogP contribution >= 0.6 is 28.3 Å². The normalized spacial score (nSPS) is 17.6. The summed E-state index contributed by atoms with van der Waals surface area (Å²) in [5.41, 5.74) is 0.0706. The van der Waals surface area contributed by atoms with Crippen LogP contribution in [-0.4, -0.2) is 31.1 Å². The van der Waals surface area contributed by atoms with Gasteiger partial charge in [0, 0.05) is 31.7 Å². The van der Waals surface area contributed by atoms with Gasteiger partial charge in [0.25, 0.3) is 0 Å². The molecule has 1 saturated heterocycles. The molecule has 0 aromatic heterocycles. The van der Waals surface area contributed by atoms with Crippen LogP contribution in [0.15, 0.2) is 29.3 Å². The van der Waals surface area contributed by atoms with Gasteiger partial charge in [0.15, 0.2) is 0 Å². The molecule has 2 rings (SSSR count). The molecule has 0 spiro atoms. The molecule has 2 nitrogen and oxygen atoms in total. The monoisotopic (exact) mass is 352 g/mol. The van der Waals surface area contributed by atoms with Gasteiger partial charge >= 0.3 is 0 Å². The Morgan fingerprint density at radius 3 is 2.53 bits per heavy atom. The van der Waals surface area contributed by atoms with Crippen LogP contribution in [0.2, 0.25) is 0 Å². The summed E-state index contributed by atoms with van der Waals surface area (Å²) in [6.07, 6.45) is 1.60. The molecule has 1 aromatic rings. The molecule has 0 bridgehead atoms. The minimum absolute atomic E-state index is 0. The van der Waals surface area contributed by atoms with E-state index in [4.69, 9.17) is 0 Å². The highest BCUT2D eigenvalue weighted by Gasteiger charge is 2.26. The molecule has 0 aliphatic carbocycles. The van der Waals surface area contributed by atoms with Crippen LogP contribution in [0.4, 0.5) is 8.78 Å². The largest absolute Gasteiger partial charge is 0.314 e. The van der Waals surface area contributed by atoms with Crippen molar-refractivity contribution in [3.8, 4) is 0 Å². The van der Waals surface area contributed by atoms with Crippen LogP contribution in [0.5, 0.6) is 0 Å². The Morgan fingerprint density at radius 1 is 1.32 bits per heavy atom. The van der Waals surface area contributed by atoms with Crippen LogP contribution in [0.3, 0.4) is 0 Å². The summed E-state index contributed by atoms with van der Waals surface area (Å²) in [7, 11) is 0. The van der Waals surface area contributed by atoms with E-state index in [1.165, 1.54) is 12.1 Å². The Bertz CT molecular complexity index is 451. The Hall–Kier alpha value is -0.490. The SMILES string of the molecule is C=C[C@H](c1c(F)ccc(Br)c1F)N1CCNCC1.Cl. The summed E-state index contributed by atoms with van der Waals surface area (Å²) in [4.78, 5) is 2.03. The second-order valence-corrected chi connectivity index (χ2v) is 5.08. The van der Waals surface area contributed by atoms with Gasteiger partial charge in [0.2, 0.25) is 0 Å². The highest BCUT2D eigenvalue weighted by atomic mass is 79.9. The lowest BCUT2D eigenvalue weighted by Crippen LogP contribution is -2.45. The van der Waals surface area contributed by atoms with Crippen molar-refractivity contribution in [3.05, 3.63) is 46.5 Å². The lowest BCUT2D eigenvalue weighted by Gasteiger charge is -2.33. The maximum absolute atomic E-state index is 14.1. The third-order valence-electron chi connectivity index (χ3n) is 3.14. The number of rotatable bonds is 3. The topological polar surface area (TPSA) is 15.3 Å². The number of hydrogen-bond donors (Lipinski definition) is 1. The summed E-state index contributed by atoms with van der Waals surface area (Å²) in [5.74, 6) is -1.07. The van der Waals surface area contributed by atoms with Gasteiger partial charge in [-0.2, -0.15) is 0 Å². The summed E-state index contributed by atoms with van der Waals surface area (Å²) in [6, 6.07) is 2.23. The third-order valence-corrected chi connectivity index (χ3v) is 3.76. The summed E-state index contributed by atoms with van der Waals surface area (Å²) < 4.78 is 28.2. The summed E-state index contributed by atoms with van der Waals surface area (Å²) >= 11 is 3.09. The van der Waals surface area contributed by atoms with E-state index in [1.54, 1.807) is 6.08 Å². The number of piperazine rings is 1. The average molecular weight is 354 g/mol. The van der Waals surface area contributed by atoms with Crippen molar-refractivity contribution >= 4 is 28.3 Å². The van der Waals surface area contributed by atoms with E-state index in [0.29, 0.717) is 0 Å². The van der Waals surface area contributed by atoms with Crippen molar-refractivity contribution in [1.29, 1.82) is 0 Å². The molecular weight excluding hydrogens is 338 g/mol. The van der Waals surface area contributed by atoms with Crippen molar-refractivity contribution in [1.82, 2.24) is 10.2 Å². The molecule has 19 heavy (non-hydrogen) atoms. The zero-order valence-corrected chi connectivity index (χ0v) is 12.7. The molecular formula is C13H16BrClF2N2. The van der Waals surface area contributed by atoms with Crippen LogP contribution in [0.1, 0.15) is 11.6 Å². The van der Waals surface area contributed by atoms with Crippen LogP contribution in [-0.2, 0) is 0 Å². The number of hydrogen-bond acceptors (Lipinski definition) is 2. The standard InChI is InChI=1S/C13H15BrF2N2.ClH/c1-2-11(18-7-5-17-6-8-18)12-10(15)4-3-9(14)13(12)16;/h2-4,11,17H,1,5-8H2;1H/t11-;/m1./s1. The minimum atomic E-state index is -0.543. The summed E-state index contributed by atoms with van der Waals surface area (Å²) in [5, 5.41) is 3.21. The zero-order valence-electron chi connectivity index (χ0n) is 10.3. The van der Waals surface area contributed by atoms with Gasteiger partial charge in [-0.15, -0.1) is 19.0 Å². The quantitative estimate of drug-likeness (QED) is 0.663. The first kappa shape index (κ1) is 16.6. The van der Waals surface area contributed by atoms with Crippen LogP contribution in [0, 0.1) is 11.6 Å². The second kappa shape index (κ2) is 7.33.